The Balaban J connectivity index is 1.80. The van der Waals surface area contributed by atoms with E-state index in [0.29, 0.717) is 16.8 Å². The molecule has 0 radical (unpaired) electrons. The number of pyridine rings is 1. The van der Waals surface area contributed by atoms with Crippen LogP contribution in [0.1, 0.15) is 54.7 Å². The van der Waals surface area contributed by atoms with Crippen molar-refractivity contribution in [1.29, 1.82) is 0 Å². The number of amides is 2. The molecule has 1 aromatic heterocycles. The summed E-state index contributed by atoms with van der Waals surface area (Å²) < 4.78 is 29.2. The highest BCUT2D eigenvalue weighted by atomic mass is 32.2. The van der Waals surface area contributed by atoms with E-state index in [1.54, 1.807) is 43.6 Å². The molecule has 0 spiro atoms. The highest BCUT2D eigenvalue weighted by Gasteiger charge is 2.35. The maximum absolute atomic E-state index is 13.3. The Hall–Kier alpha value is -3.60. The van der Waals surface area contributed by atoms with Gasteiger partial charge in [0.15, 0.2) is 0 Å². The Morgan fingerprint density at radius 3 is 2.22 bits per heavy atom. The number of hydroxylamine groups is 1. The molecule has 1 unspecified atom stereocenters. The van der Waals surface area contributed by atoms with Crippen molar-refractivity contribution in [3.05, 3.63) is 89.7 Å². The maximum atomic E-state index is 13.3. The van der Waals surface area contributed by atoms with E-state index < -0.39 is 27.9 Å². The first kappa shape index (κ1) is 28.0. The van der Waals surface area contributed by atoms with Crippen molar-refractivity contribution in [2.45, 2.75) is 44.6 Å². The van der Waals surface area contributed by atoms with Gasteiger partial charge in [-0.1, -0.05) is 45.4 Å². The molecule has 0 aliphatic rings. The van der Waals surface area contributed by atoms with Gasteiger partial charge in [0.1, 0.15) is 0 Å². The van der Waals surface area contributed by atoms with E-state index in [9.17, 15) is 23.2 Å². The average Bonchev–Trinajstić information content (AvgIpc) is 2.89. The second kappa shape index (κ2) is 12.6. The molecule has 196 valence electrons. The van der Waals surface area contributed by atoms with E-state index in [1.807, 2.05) is 12.1 Å². The fourth-order valence-electron chi connectivity index (χ4n) is 4.09. The van der Waals surface area contributed by atoms with Crippen LogP contribution in [0.5, 0.6) is 0 Å². The number of carbonyl (C=O) groups excluding carboxylic acids is 2. The fraction of sp³-hybridized carbons (Fsp3) is 0.296. The molecular weight excluding hydrogens is 492 g/mol. The van der Waals surface area contributed by atoms with Crippen LogP contribution >= 0.6 is 0 Å². The molecule has 0 fully saturated rings. The molecule has 9 nitrogen and oxygen atoms in total. The Morgan fingerprint density at radius 1 is 1.00 bits per heavy atom. The standard InChI is InChI=1S/C27H32N4O5S/c1-4-6-19-8-10-20(11-9-19)26(32)29-22-12-14-23(15-13-22)37(35,36)31-25(21-7-5-16-28-17-21)24(18(2)3)27(33)30-34/h5,7-18,24-25,31,34H,4,6H2,1-3H3,(H,29,32)(H,30,33)/t24?,25-/m0/s1. The number of aryl methyl sites for hydroxylation is 1. The molecule has 0 bridgehead atoms. The molecule has 10 heteroatoms. The lowest BCUT2D eigenvalue weighted by Gasteiger charge is -2.29. The summed E-state index contributed by atoms with van der Waals surface area (Å²) >= 11 is 0. The van der Waals surface area contributed by atoms with Gasteiger partial charge in [-0.15, -0.1) is 0 Å². The number of benzene rings is 2. The van der Waals surface area contributed by atoms with Gasteiger partial charge in [-0.3, -0.25) is 19.8 Å². The molecule has 4 N–H and O–H groups in total. The van der Waals surface area contributed by atoms with Gasteiger partial charge >= 0.3 is 0 Å². The summed E-state index contributed by atoms with van der Waals surface area (Å²) in [7, 11) is -4.09. The summed E-state index contributed by atoms with van der Waals surface area (Å²) in [6.45, 7) is 5.60. The predicted octanol–water partition coefficient (Wildman–Crippen LogP) is 4.08. The third kappa shape index (κ3) is 7.22. The van der Waals surface area contributed by atoms with Gasteiger partial charge in [0.25, 0.3) is 5.91 Å². The Morgan fingerprint density at radius 2 is 1.68 bits per heavy atom. The summed E-state index contributed by atoms with van der Waals surface area (Å²) in [6.07, 6.45) is 4.97. The van der Waals surface area contributed by atoms with Gasteiger partial charge in [-0.2, -0.15) is 0 Å². The molecule has 2 amide bonds. The lowest BCUT2D eigenvalue weighted by atomic mass is 9.85. The molecular formula is C27H32N4O5S. The minimum absolute atomic E-state index is 0.0461. The van der Waals surface area contributed by atoms with E-state index in [2.05, 4.69) is 21.9 Å². The van der Waals surface area contributed by atoms with Gasteiger partial charge < -0.3 is 5.32 Å². The van der Waals surface area contributed by atoms with Crippen LogP contribution in [-0.2, 0) is 21.2 Å². The summed E-state index contributed by atoms with van der Waals surface area (Å²) in [4.78, 5) is 29.0. The second-order valence-electron chi connectivity index (χ2n) is 9.06. The summed E-state index contributed by atoms with van der Waals surface area (Å²) in [5, 5.41) is 12.0. The van der Waals surface area contributed by atoms with Crippen LogP contribution in [0.2, 0.25) is 0 Å². The van der Waals surface area contributed by atoms with Crippen molar-refractivity contribution in [2.24, 2.45) is 11.8 Å². The Labute approximate surface area is 217 Å². The number of anilines is 1. The maximum Gasteiger partial charge on any atom is 0.255 e. The number of hydrogen-bond acceptors (Lipinski definition) is 6. The topological polar surface area (TPSA) is 137 Å². The number of nitrogens with one attached hydrogen (secondary N) is 3. The van der Waals surface area contributed by atoms with E-state index in [-0.39, 0.29) is 16.7 Å². The molecule has 2 aromatic carbocycles. The largest absolute Gasteiger partial charge is 0.322 e. The zero-order valence-electron chi connectivity index (χ0n) is 21.0. The minimum Gasteiger partial charge on any atom is -0.322 e. The van der Waals surface area contributed by atoms with Crippen LogP contribution in [0.3, 0.4) is 0 Å². The Bertz CT molecular complexity index is 1290. The highest BCUT2D eigenvalue weighted by Crippen LogP contribution is 2.30. The monoisotopic (exact) mass is 524 g/mol. The molecule has 1 heterocycles. The summed E-state index contributed by atoms with van der Waals surface area (Å²) in [5.74, 6) is -2.24. The quantitative estimate of drug-likeness (QED) is 0.220. The number of rotatable bonds is 11. The van der Waals surface area contributed by atoms with Crippen LogP contribution < -0.4 is 15.5 Å². The molecule has 3 rings (SSSR count). The smallest absolute Gasteiger partial charge is 0.255 e. The molecule has 0 aliphatic carbocycles. The zero-order valence-corrected chi connectivity index (χ0v) is 21.8. The van der Waals surface area contributed by atoms with Crippen molar-refractivity contribution in [2.75, 3.05) is 5.32 Å². The van der Waals surface area contributed by atoms with Crippen molar-refractivity contribution in [1.82, 2.24) is 15.2 Å². The van der Waals surface area contributed by atoms with Crippen LogP contribution in [-0.4, -0.2) is 30.4 Å². The predicted molar refractivity (Wildman–Crippen MR) is 140 cm³/mol. The van der Waals surface area contributed by atoms with Crippen LogP contribution in [0.15, 0.2) is 78.0 Å². The van der Waals surface area contributed by atoms with E-state index in [4.69, 9.17) is 0 Å². The lowest BCUT2D eigenvalue weighted by molar-refractivity contribution is -0.135. The van der Waals surface area contributed by atoms with Crippen LogP contribution in [0.4, 0.5) is 5.69 Å². The van der Waals surface area contributed by atoms with Crippen molar-refractivity contribution in [3.63, 3.8) is 0 Å². The average molecular weight is 525 g/mol. The van der Waals surface area contributed by atoms with Gasteiger partial charge in [-0.05, 0) is 65.9 Å². The van der Waals surface area contributed by atoms with Gasteiger partial charge in [0.2, 0.25) is 15.9 Å². The van der Waals surface area contributed by atoms with Gasteiger partial charge in [0.05, 0.1) is 16.9 Å². The van der Waals surface area contributed by atoms with Gasteiger partial charge in [-0.25, -0.2) is 18.6 Å². The molecule has 37 heavy (non-hydrogen) atoms. The SMILES string of the molecule is CCCc1ccc(C(=O)Nc2ccc(S(=O)(=O)N[C@@H](c3cccnc3)C(C(=O)NO)C(C)C)cc2)cc1. The third-order valence-electron chi connectivity index (χ3n) is 5.99. The molecule has 2 atom stereocenters. The first-order valence-corrected chi connectivity index (χ1v) is 13.5. The number of carbonyl (C=O) groups is 2. The van der Waals surface area contributed by atoms with Crippen molar-refractivity contribution in [3.8, 4) is 0 Å². The zero-order chi connectivity index (χ0) is 27.0. The van der Waals surface area contributed by atoms with Crippen molar-refractivity contribution >= 4 is 27.5 Å². The molecule has 0 saturated heterocycles. The molecule has 0 aliphatic heterocycles. The summed E-state index contributed by atoms with van der Waals surface area (Å²) in [5.41, 5.74) is 4.20. The van der Waals surface area contributed by atoms with E-state index >= 15 is 0 Å². The first-order chi connectivity index (χ1) is 17.7. The first-order valence-electron chi connectivity index (χ1n) is 12.0. The molecule has 3 aromatic rings. The molecule has 0 saturated carbocycles. The van der Waals surface area contributed by atoms with Crippen molar-refractivity contribution < 1.29 is 23.2 Å². The second-order valence-corrected chi connectivity index (χ2v) is 10.8. The number of hydrogen-bond donors (Lipinski definition) is 4. The third-order valence-corrected chi connectivity index (χ3v) is 7.45. The fourth-order valence-corrected chi connectivity index (χ4v) is 5.34. The van der Waals surface area contributed by atoms with Crippen LogP contribution in [0, 0.1) is 11.8 Å². The van der Waals surface area contributed by atoms with E-state index in [1.165, 1.54) is 36.7 Å². The number of nitrogens with zero attached hydrogens (tertiary/aromatic N) is 1. The number of aromatic nitrogens is 1. The lowest BCUT2D eigenvalue weighted by Crippen LogP contribution is -2.43. The van der Waals surface area contributed by atoms with E-state index in [0.717, 1.165) is 18.4 Å². The Kier molecular flexibility index (Phi) is 9.51. The van der Waals surface area contributed by atoms with Crippen LogP contribution in [0.25, 0.3) is 0 Å². The van der Waals surface area contributed by atoms with Gasteiger partial charge in [0, 0.05) is 23.6 Å². The number of sulfonamides is 1. The normalized spacial score (nSPS) is 13.1. The summed E-state index contributed by atoms with van der Waals surface area (Å²) in [6, 6.07) is 15.4. The highest BCUT2D eigenvalue weighted by molar-refractivity contribution is 7.89. The minimum atomic E-state index is -4.09.